The summed E-state index contributed by atoms with van der Waals surface area (Å²) in [5, 5.41) is 0. The van der Waals surface area contributed by atoms with E-state index in [-0.39, 0.29) is 5.41 Å². The van der Waals surface area contributed by atoms with Crippen molar-refractivity contribution in [2.45, 2.75) is 10.8 Å². The summed E-state index contributed by atoms with van der Waals surface area (Å²) in [6.45, 7) is 2.05. The molecule has 0 atom stereocenters. The van der Waals surface area contributed by atoms with Crippen LogP contribution in [0.25, 0.3) is 0 Å². The molecule has 0 unspecified atom stereocenters. The second kappa shape index (κ2) is 11.0. The molecule has 4 aliphatic heterocycles. The third-order valence-electron chi connectivity index (χ3n) is 8.79. The molecule has 0 radical (unpaired) electrons. The molecule has 4 aromatic carbocycles. The van der Waals surface area contributed by atoms with Gasteiger partial charge in [0.25, 0.3) is 0 Å². The Hall–Kier alpha value is -3.76. The fourth-order valence-electron chi connectivity index (χ4n) is 6.86. The molecular weight excluding hydrogens is 696 g/mol. The Bertz CT molecular complexity index is 1640. The SMILES string of the molecule is COc1ccc(Br)c2c1C1(CO2)COc2c(Br)ccc(OC)c21.COc1cccc2c1C1(CO2)COc2cccc(OC)c21. The highest BCUT2D eigenvalue weighted by atomic mass is 79.9. The van der Waals surface area contributed by atoms with E-state index in [1.807, 2.05) is 60.7 Å². The van der Waals surface area contributed by atoms with Gasteiger partial charge in [-0.3, -0.25) is 0 Å². The summed E-state index contributed by atoms with van der Waals surface area (Å²) in [4.78, 5) is 0. The van der Waals surface area contributed by atoms with E-state index in [0.717, 1.165) is 77.2 Å². The minimum atomic E-state index is -0.436. The van der Waals surface area contributed by atoms with Crippen LogP contribution in [0.1, 0.15) is 22.3 Å². The first-order valence-corrected chi connectivity index (χ1v) is 15.6. The van der Waals surface area contributed by atoms with Crippen LogP contribution in [-0.2, 0) is 10.8 Å². The van der Waals surface area contributed by atoms with Crippen LogP contribution in [0, 0.1) is 0 Å². The second-order valence-electron chi connectivity index (χ2n) is 10.9. The Morgan fingerprint density at radius 1 is 0.477 bits per heavy atom. The van der Waals surface area contributed by atoms with Gasteiger partial charge in [0, 0.05) is 0 Å². The lowest BCUT2D eigenvalue weighted by molar-refractivity contribution is 0.233. The van der Waals surface area contributed by atoms with Crippen molar-refractivity contribution in [3.63, 3.8) is 0 Å². The second-order valence-corrected chi connectivity index (χ2v) is 12.6. The first-order chi connectivity index (χ1) is 21.4. The van der Waals surface area contributed by atoms with Gasteiger partial charge >= 0.3 is 0 Å². The zero-order valence-corrected chi connectivity index (χ0v) is 27.8. The summed E-state index contributed by atoms with van der Waals surface area (Å²) in [5.41, 5.74) is 3.32. The van der Waals surface area contributed by atoms with Crippen molar-refractivity contribution in [3.8, 4) is 46.0 Å². The van der Waals surface area contributed by atoms with Gasteiger partial charge in [0.15, 0.2) is 0 Å². The highest BCUT2D eigenvalue weighted by Crippen LogP contribution is 2.59. The molecule has 4 aromatic rings. The van der Waals surface area contributed by atoms with Crippen LogP contribution in [0.3, 0.4) is 0 Å². The highest BCUT2D eigenvalue weighted by Gasteiger charge is 2.54. The maximum absolute atomic E-state index is 6.03. The molecule has 4 aliphatic rings. The van der Waals surface area contributed by atoms with Crippen LogP contribution in [0.2, 0.25) is 0 Å². The molecule has 10 heteroatoms. The van der Waals surface area contributed by atoms with E-state index in [9.17, 15) is 0 Å². The average molecular weight is 726 g/mol. The number of ether oxygens (including phenoxy) is 8. The fraction of sp³-hybridized carbons (Fsp3) is 0.294. The molecule has 8 nitrogen and oxygen atoms in total. The number of rotatable bonds is 4. The number of methoxy groups -OCH3 is 4. The van der Waals surface area contributed by atoms with Crippen molar-refractivity contribution in [2.24, 2.45) is 0 Å². The number of hydrogen-bond donors (Lipinski definition) is 0. The Labute approximate surface area is 272 Å². The number of halogens is 2. The van der Waals surface area contributed by atoms with Gasteiger partial charge in [-0.25, -0.2) is 0 Å². The fourth-order valence-corrected chi connectivity index (χ4v) is 7.75. The topological polar surface area (TPSA) is 73.8 Å². The third-order valence-corrected chi connectivity index (χ3v) is 10.0. The van der Waals surface area contributed by atoms with Crippen molar-refractivity contribution in [2.75, 3.05) is 54.9 Å². The van der Waals surface area contributed by atoms with E-state index < -0.39 is 5.41 Å². The van der Waals surface area contributed by atoms with Crippen molar-refractivity contribution in [3.05, 3.63) is 91.9 Å². The molecule has 4 heterocycles. The van der Waals surface area contributed by atoms with Gasteiger partial charge in [0.2, 0.25) is 0 Å². The number of hydrogen-bond acceptors (Lipinski definition) is 8. The van der Waals surface area contributed by atoms with Crippen LogP contribution in [0.5, 0.6) is 46.0 Å². The molecule has 228 valence electrons. The molecule has 0 aromatic heterocycles. The molecule has 8 rings (SSSR count). The summed E-state index contributed by atoms with van der Waals surface area (Å²) < 4.78 is 48.0. The zero-order chi connectivity index (χ0) is 30.6. The van der Waals surface area contributed by atoms with Crippen molar-refractivity contribution >= 4 is 31.9 Å². The van der Waals surface area contributed by atoms with E-state index in [1.165, 1.54) is 0 Å². The van der Waals surface area contributed by atoms with Crippen LogP contribution in [-0.4, -0.2) is 54.9 Å². The summed E-state index contributed by atoms with van der Waals surface area (Å²) in [6, 6.07) is 19.5. The van der Waals surface area contributed by atoms with Gasteiger partial charge < -0.3 is 37.9 Å². The molecule has 0 N–H and O–H groups in total. The molecule has 0 saturated heterocycles. The molecule has 0 bridgehead atoms. The quantitative estimate of drug-likeness (QED) is 0.221. The van der Waals surface area contributed by atoms with Crippen molar-refractivity contribution in [1.29, 1.82) is 0 Å². The standard InChI is InChI=1S/C17H14Br2O4.C17H16O4/c1-20-11-5-3-9(18)15-13(11)17(7-22-15)8-23-16-10(19)4-6-12(21-2)14(16)17;1-18-11-5-3-7-13-15(11)17(9-20-13)10-21-14-8-4-6-12(19-2)16(14)17/h3-6H,7-8H2,1-2H3;3-8H,9-10H2,1-2H3. The van der Waals surface area contributed by atoms with Crippen LogP contribution in [0.4, 0.5) is 0 Å². The summed E-state index contributed by atoms with van der Waals surface area (Å²) in [5.74, 6) is 6.57. The van der Waals surface area contributed by atoms with E-state index in [0.29, 0.717) is 26.4 Å². The Kier molecular flexibility index (Phi) is 7.24. The van der Waals surface area contributed by atoms with Gasteiger partial charge in [-0.2, -0.15) is 0 Å². The summed E-state index contributed by atoms with van der Waals surface area (Å²) >= 11 is 7.14. The van der Waals surface area contributed by atoms with Gasteiger partial charge in [0.1, 0.15) is 83.3 Å². The maximum Gasteiger partial charge on any atom is 0.141 e. The van der Waals surface area contributed by atoms with Crippen LogP contribution < -0.4 is 37.9 Å². The van der Waals surface area contributed by atoms with Gasteiger partial charge in [0.05, 0.1) is 59.6 Å². The Balaban J connectivity index is 0.000000143. The van der Waals surface area contributed by atoms with Gasteiger partial charge in [-0.15, -0.1) is 0 Å². The van der Waals surface area contributed by atoms with E-state index in [4.69, 9.17) is 37.9 Å². The number of fused-ring (bicyclic) bond motifs is 8. The van der Waals surface area contributed by atoms with E-state index in [1.54, 1.807) is 28.4 Å². The molecule has 0 fully saturated rings. The molecule has 0 amide bonds. The lowest BCUT2D eigenvalue weighted by atomic mass is 9.77. The van der Waals surface area contributed by atoms with Crippen LogP contribution >= 0.6 is 31.9 Å². The minimum absolute atomic E-state index is 0.357. The monoisotopic (exact) mass is 724 g/mol. The number of benzene rings is 4. The van der Waals surface area contributed by atoms with Crippen LogP contribution in [0.15, 0.2) is 69.6 Å². The summed E-state index contributed by atoms with van der Waals surface area (Å²) in [7, 11) is 6.70. The highest BCUT2D eigenvalue weighted by molar-refractivity contribution is 9.11. The van der Waals surface area contributed by atoms with E-state index in [2.05, 4.69) is 31.9 Å². The molecular formula is C34H30Br2O8. The Morgan fingerprint density at radius 3 is 1.25 bits per heavy atom. The van der Waals surface area contributed by atoms with Gasteiger partial charge in [-0.05, 0) is 80.4 Å². The van der Waals surface area contributed by atoms with Crippen molar-refractivity contribution in [1.82, 2.24) is 0 Å². The predicted octanol–water partition coefficient (Wildman–Crippen LogP) is 7.07. The first kappa shape index (κ1) is 29.0. The Morgan fingerprint density at radius 2 is 0.841 bits per heavy atom. The lowest BCUT2D eigenvalue weighted by Crippen LogP contribution is -2.32. The molecule has 2 spiro atoms. The average Bonchev–Trinajstić information content (AvgIpc) is 3.84. The summed E-state index contributed by atoms with van der Waals surface area (Å²) in [6.07, 6.45) is 0. The molecule has 0 saturated carbocycles. The van der Waals surface area contributed by atoms with Gasteiger partial charge in [-0.1, -0.05) is 12.1 Å². The van der Waals surface area contributed by atoms with E-state index >= 15 is 0 Å². The first-order valence-electron chi connectivity index (χ1n) is 14.0. The normalized spacial score (nSPS) is 16.7. The third kappa shape index (κ3) is 4.06. The smallest absolute Gasteiger partial charge is 0.141 e. The molecule has 44 heavy (non-hydrogen) atoms. The predicted molar refractivity (Wildman–Crippen MR) is 171 cm³/mol. The minimum Gasteiger partial charge on any atom is -0.496 e. The zero-order valence-electron chi connectivity index (χ0n) is 24.6. The van der Waals surface area contributed by atoms with Crippen molar-refractivity contribution < 1.29 is 37.9 Å². The largest absolute Gasteiger partial charge is 0.496 e. The molecule has 0 aliphatic carbocycles. The lowest BCUT2D eigenvalue weighted by Gasteiger charge is -2.24. The maximum atomic E-state index is 6.03.